The predicted octanol–water partition coefficient (Wildman–Crippen LogP) is 3.39. The molecule has 0 amide bonds. The number of hydrogen-bond acceptors (Lipinski definition) is 2. The van der Waals surface area contributed by atoms with Gasteiger partial charge in [0.25, 0.3) is 0 Å². The van der Waals surface area contributed by atoms with E-state index in [4.69, 9.17) is 0 Å². The summed E-state index contributed by atoms with van der Waals surface area (Å²) >= 11 is 3.37. The number of phenols is 1. The average molecular weight is 269 g/mol. The number of halogens is 1. The molecule has 0 unspecified atom stereocenters. The van der Waals surface area contributed by atoms with Crippen LogP contribution >= 0.6 is 15.9 Å². The first-order valence-electron chi connectivity index (χ1n) is 4.87. The summed E-state index contributed by atoms with van der Waals surface area (Å²) in [5.41, 5.74) is 1.64. The Hall–Kier alpha value is -1.03. The van der Waals surface area contributed by atoms with Crippen LogP contribution in [0.1, 0.15) is 25.7 Å². The zero-order valence-electron chi connectivity index (χ0n) is 8.95. The molecule has 0 radical (unpaired) electrons. The summed E-state index contributed by atoms with van der Waals surface area (Å²) in [6.07, 6.45) is 0. The molecule has 2 rings (SSSR count). The number of benzene rings is 1. The van der Waals surface area contributed by atoms with E-state index in [2.05, 4.69) is 39.3 Å². The highest BCUT2D eigenvalue weighted by Crippen LogP contribution is 2.30. The molecule has 0 saturated carbocycles. The predicted molar refractivity (Wildman–Crippen MR) is 64.2 cm³/mol. The zero-order valence-corrected chi connectivity index (χ0v) is 10.5. The molecule has 0 bridgehead atoms. The van der Waals surface area contributed by atoms with Crippen molar-refractivity contribution in [1.82, 2.24) is 9.55 Å². The first kappa shape index (κ1) is 10.5. The third kappa shape index (κ3) is 1.63. The SMILES string of the molecule is Cc1nc2c(O)cc(Br)cc2n1C(C)C. The molecular formula is C11H13BrN2O. The first-order valence-corrected chi connectivity index (χ1v) is 5.67. The van der Waals surface area contributed by atoms with Crippen LogP contribution in [0.2, 0.25) is 0 Å². The maximum absolute atomic E-state index is 9.77. The molecular weight excluding hydrogens is 256 g/mol. The Morgan fingerprint density at radius 2 is 2.07 bits per heavy atom. The van der Waals surface area contributed by atoms with Crippen LogP contribution in [0.15, 0.2) is 16.6 Å². The van der Waals surface area contributed by atoms with Crippen molar-refractivity contribution in [2.75, 3.05) is 0 Å². The molecule has 3 nitrogen and oxygen atoms in total. The molecule has 15 heavy (non-hydrogen) atoms. The van der Waals surface area contributed by atoms with E-state index in [1.165, 1.54) is 0 Å². The Morgan fingerprint density at radius 3 is 2.67 bits per heavy atom. The average Bonchev–Trinajstić information content (AvgIpc) is 2.41. The van der Waals surface area contributed by atoms with Gasteiger partial charge in [-0.15, -0.1) is 0 Å². The van der Waals surface area contributed by atoms with Crippen molar-refractivity contribution in [3.8, 4) is 5.75 Å². The molecule has 0 aliphatic heterocycles. The second-order valence-electron chi connectivity index (χ2n) is 3.92. The third-order valence-electron chi connectivity index (χ3n) is 2.43. The van der Waals surface area contributed by atoms with Gasteiger partial charge in [0.2, 0.25) is 0 Å². The lowest BCUT2D eigenvalue weighted by atomic mass is 10.2. The monoisotopic (exact) mass is 268 g/mol. The Labute approximate surface area is 96.9 Å². The Bertz CT molecular complexity index is 517. The van der Waals surface area contributed by atoms with E-state index < -0.39 is 0 Å². The van der Waals surface area contributed by atoms with Crippen LogP contribution in [0.4, 0.5) is 0 Å². The number of aryl methyl sites for hydroxylation is 1. The molecule has 80 valence electrons. The number of fused-ring (bicyclic) bond motifs is 1. The van der Waals surface area contributed by atoms with E-state index >= 15 is 0 Å². The van der Waals surface area contributed by atoms with Gasteiger partial charge in [-0.1, -0.05) is 15.9 Å². The van der Waals surface area contributed by atoms with Crippen LogP contribution in [0.25, 0.3) is 11.0 Å². The number of aromatic hydroxyl groups is 1. The van der Waals surface area contributed by atoms with Gasteiger partial charge in [0.15, 0.2) is 0 Å². The minimum absolute atomic E-state index is 0.224. The van der Waals surface area contributed by atoms with Gasteiger partial charge in [-0.3, -0.25) is 0 Å². The second kappa shape index (κ2) is 3.52. The van der Waals surface area contributed by atoms with E-state index in [1.54, 1.807) is 6.07 Å². The van der Waals surface area contributed by atoms with Gasteiger partial charge in [-0.2, -0.15) is 0 Å². The lowest BCUT2D eigenvalue weighted by Crippen LogP contribution is -2.02. The van der Waals surface area contributed by atoms with E-state index in [1.807, 2.05) is 13.0 Å². The van der Waals surface area contributed by atoms with Crippen molar-refractivity contribution in [2.24, 2.45) is 0 Å². The van der Waals surface area contributed by atoms with Crippen molar-refractivity contribution in [2.45, 2.75) is 26.8 Å². The van der Waals surface area contributed by atoms with Crippen LogP contribution in [0.5, 0.6) is 5.75 Å². The summed E-state index contributed by atoms with van der Waals surface area (Å²) < 4.78 is 2.98. The topological polar surface area (TPSA) is 38.1 Å². The Kier molecular flexibility index (Phi) is 2.46. The summed E-state index contributed by atoms with van der Waals surface area (Å²) in [7, 11) is 0. The number of rotatable bonds is 1. The number of phenolic OH excluding ortho intramolecular Hbond substituents is 1. The Morgan fingerprint density at radius 1 is 1.40 bits per heavy atom. The standard InChI is InChI=1S/C11H13BrN2O/c1-6(2)14-7(3)13-11-9(14)4-8(12)5-10(11)15/h4-6,15H,1-3H3. The summed E-state index contributed by atoms with van der Waals surface area (Å²) in [6.45, 7) is 6.16. The number of hydrogen-bond donors (Lipinski definition) is 1. The second-order valence-corrected chi connectivity index (χ2v) is 4.83. The van der Waals surface area contributed by atoms with Crippen LogP contribution in [0, 0.1) is 6.92 Å². The fourth-order valence-electron chi connectivity index (χ4n) is 1.91. The molecule has 0 saturated heterocycles. The summed E-state index contributed by atoms with van der Waals surface area (Å²) in [5, 5.41) is 9.77. The smallest absolute Gasteiger partial charge is 0.144 e. The molecule has 0 aliphatic carbocycles. The third-order valence-corrected chi connectivity index (χ3v) is 2.89. The first-order chi connectivity index (χ1) is 7.00. The Balaban J connectivity index is 2.86. The van der Waals surface area contributed by atoms with Crippen molar-refractivity contribution in [3.63, 3.8) is 0 Å². The molecule has 0 aliphatic rings. The maximum atomic E-state index is 9.77. The zero-order chi connectivity index (χ0) is 11.2. The van der Waals surface area contributed by atoms with Crippen LogP contribution in [0.3, 0.4) is 0 Å². The molecule has 0 fully saturated rings. The van der Waals surface area contributed by atoms with Crippen molar-refractivity contribution in [1.29, 1.82) is 0 Å². The van der Waals surface area contributed by atoms with E-state index in [0.29, 0.717) is 11.6 Å². The van der Waals surface area contributed by atoms with E-state index in [0.717, 1.165) is 15.8 Å². The number of aromatic nitrogens is 2. The molecule has 1 N–H and O–H groups in total. The van der Waals surface area contributed by atoms with Crippen LogP contribution in [-0.2, 0) is 0 Å². The summed E-state index contributed by atoms with van der Waals surface area (Å²) in [5.74, 6) is 1.15. The van der Waals surface area contributed by atoms with Crippen molar-refractivity contribution < 1.29 is 5.11 Å². The van der Waals surface area contributed by atoms with Crippen molar-refractivity contribution in [3.05, 3.63) is 22.4 Å². The highest BCUT2D eigenvalue weighted by molar-refractivity contribution is 9.10. The number of imidazole rings is 1. The molecule has 1 heterocycles. The summed E-state index contributed by atoms with van der Waals surface area (Å²) in [6, 6.07) is 3.98. The maximum Gasteiger partial charge on any atom is 0.144 e. The molecule has 1 aromatic carbocycles. The normalized spacial score (nSPS) is 11.5. The lowest BCUT2D eigenvalue weighted by Gasteiger charge is -2.10. The van der Waals surface area contributed by atoms with Gasteiger partial charge < -0.3 is 9.67 Å². The largest absolute Gasteiger partial charge is 0.506 e. The van der Waals surface area contributed by atoms with Gasteiger partial charge in [0.1, 0.15) is 17.1 Å². The van der Waals surface area contributed by atoms with Gasteiger partial charge in [-0.25, -0.2) is 4.98 Å². The summed E-state index contributed by atoms with van der Waals surface area (Å²) in [4.78, 5) is 4.37. The fourth-order valence-corrected chi connectivity index (χ4v) is 2.34. The molecule has 0 atom stereocenters. The van der Waals surface area contributed by atoms with Gasteiger partial charge in [-0.05, 0) is 32.9 Å². The van der Waals surface area contributed by atoms with Gasteiger partial charge in [0, 0.05) is 10.5 Å². The number of nitrogens with zero attached hydrogens (tertiary/aromatic N) is 2. The molecule has 2 aromatic rings. The van der Waals surface area contributed by atoms with E-state index in [-0.39, 0.29) is 5.75 Å². The molecule has 0 spiro atoms. The highest BCUT2D eigenvalue weighted by atomic mass is 79.9. The van der Waals surface area contributed by atoms with Crippen LogP contribution < -0.4 is 0 Å². The van der Waals surface area contributed by atoms with Crippen molar-refractivity contribution >= 4 is 27.0 Å². The highest BCUT2D eigenvalue weighted by Gasteiger charge is 2.13. The fraction of sp³-hybridized carbons (Fsp3) is 0.364. The molecule has 1 aromatic heterocycles. The lowest BCUT2D eigenvalue weighted by molar-refractivity contribution is 0.480. The van der Waals surface area contributed by atoms with E-state index in [9.17, 15) is 5.11 Å². The minimum atomic E-state index is 0.224. The van der Waals surface area contributed by atoms with Crippen LogP contribution in [-0.4, -0.2) is 14.7 Å². The van der Waals surface area contributed by atoms with Gasteiger partial charge >= 0.3 is 0 Å². The van der Waals surface area contributed by atoms with Gasteiger partial charge in [0.05, 0.1) is 5.52 Å². The minimum Gasteiger partial charge on any atom is -0.506 e. The quantitative estimate of drug-likeness (QED) is 0.861. The molecule has 4 heteroatoms.